The Balaban J connectivity index is 1.55. The van der Waals surface area contributed by atoms with Crippen molar-refractivity contribution < 1.29 is 9.53 Å². The van der Waals surface area contributed by atoms with E-state index in [9.17, 15) is 4.79 Å². The van der Waals surface area contributed by atoms with Crippen molar-refractivity contribution >= 4 is 40.3 Å². The molecule has 1 amide bonds. The van der Waals surface area contributed by atoms with Gasteiger partial charge in [0.1, 0.15) is 16.7 Å². The van der Waals surface area contributed by atoms with E-state index in [0.717, 1.165) is 22.4 Å². The maximum atomic E-state index is 13.1. The fraction of sp³-hybridized carbons (Fsp3) is 0.120. The fourth-order valence-electron chi connectivity index (χ4n) is 3.30. The molecule has 5 heteroatoms. The van der Waals surface area contributed by atoms with Crippen LogP contribution in [0, 0.1) is 0 Å². The molecular formula is C25H21NO2S2. The number of thiocarbonyl (C=S) groups is 1. The highest BCUT2D eigenvalue weighted by Crippen LogP contribution is 2.38. The number of ether oxygens (including phenoxy) is 1. The van der Waals surface area contributed by atoms with Gasteiger partial charge in [0.2, 0.25) is 0 Å². The predicted octanol–water partition coefficient (Wildman–Crippen LogP) is 6.23. The molecule has 0 bridgehead atoms. The van der Waals surface area contributed by atoms with E-state index >= 15 is 0 Å². The second-order valence-electron chi connectivity index (χ2n) is 6.95. The zero-order chi connectivity index (χ0) is 20.9. The van der Waals surface area contributed by atoms with Crippen LogP contribution in [0.1, 0.15) is 29.7 Å². The number of thioether (sulfide) groups is 1. The van der Waals surface area contributed by atoms with Crippen LogP contribution in [-0.4, -0.2) is 15.1 Å². The maximum absolute atomic E-state index is 13.1. The Morgan fingerprint density at radius 3 is 2.33 bits per heavy atom. The van der Waals surface area contributed by atoms with Gasteiger partial charge in [-0.1, -0.05) is 103 Å². The van der Waals surface area contributed by atoms with Crippen molar-refractivity contribution in [3.8, 4) is 5.75 Å². The summed E-state index contributed by atoms with van der Waals surface area (Å²) in [6.07, 6.45) is 1.87. The number of carbonyl (C=O) groups excluding carboxylic acids is 1. The molecule has 3 aromatic rings. The maximum Gasteiger partial charge on any atom is 0.266 e. The van der Waals surface area contributed by atoms with E-state index in [1.165, 1.54) is 11.8 Å². The molecule has 1 fully saturated rings. The lowest BCUT2D eigenvalue weighted by Crippen LogP contribution is -2.30. The number of carbonyl (C=O) groups is 1. The largest absolute Gasteiger partial charge is 0.488 e. The SMILES string of the molecule is C[C@@H](c1ccccc1)N1C(=O)/C(=C/c2ccccc2OCc2ccccc2)SC1=S. The van der Waals surface area contributed by atoms with Crippen LogP contribution >= 0.6 is 24.0 Å². The third-order valence-corrected chi connectivity index (χ3v) is 6.27. The first-order chi connectivity index (χ1) is 14.6. The third-order valence-electron chi connectivity index (χ3n) is 4.94. The molecular weight excluding hydrogens is 410 g/mol. The van der Waals surface area contributed by atoms with Gasteiger partial charge in [0.15, 0.2) is 0 Å². The standard InChI is InChI=1S/C25H21NO2S2/c1-18(20-12-6-3-7-13-20)26-24(27)23(30-25(26)29)16-21-14-8-9-15-22(21)28-17-19-10-4-2-5-11-19/h2-16,18H,17H2,1H3/b23-16-/t18-/m0/s1. The summed E-state index contributed by atoms with van der Waals surface area (Å²) in [5.41, 5.74) is 3.01. The number of hydrogen-bond acceptors (Lipinski definition) is 4. The minimum absolute atomic E-state index is 0.0702. The molecule has 30 heavy (non-hydrogen) atoms. The van der Waals surface area contributed by atoms with Crippen LogP contribution in [0.2, 0.25) is 0 Å². The summed E-state index contributed by atoms with van der Waals surface area (Å²) in [5.74, 6) is 0.668. The van der Waals surface area contributed by atoms with Crippen LogP contribution in [0.4, 0.5) is 0 Å². The van der Waals surface area contributed by atoms with Crippen LogP contribution < -0.4 is 4.74 Å². The number of benzene rings is 3. The van der Waals surface area contributed by atoms with E-state index in [1.54, 1.807) is 4.90 Å². The van der Waals surface area contributed by atoms with E-state index < -0.39 is 0 Å². The van der Waals surface area contributed by atoms with Gasteiger partial charge >= 0.3 is 0 Å². The summed E-state index contributed by atoms with van der Waals surface area (Å²) in [6.45, 7) is 2.47. The quantitative estimate of drug-likeness (QED) is 0.342. The molecule has 1 atom stereocenters. The molecule has 1 aliphatic heterocycles. The van der Waals surface area contributed by atoms with Gasteiger partial charge in [0.25, 0.3) is 5.91 Å². The van der Waals surface area contributed by atoms with Crippen molar-refractivity contribution in [2.75, 3.05) is 0 Å². The number of nitrogens with zero attached hydrogens (tertiary/aromatic N) is 1. The molecule has 1 heterocycles. The smallest absolute Gasteiger partial charge is 0.266 e. The molecule has 1 saturated heterocycles. The summed E-state index contributed by atoms with van der Waals surface area (Å²) in [4.78, 5) is 15.4. The van der Waals surface area contributed by atoms with Crippen LogP contribution in [-0.2, 0) is 11.4 Å². The van der Waals surface area contributed by atoms with E-state index in [1.807, 2.05) is 97.9 Å². The van der Waals surface area contributed by atoms with Crippen LogP contribution in [0.25, 0.3) is 6.08 Å². The van der Waals surface area contributed by atoms with Crippen LogP contribution in [0.5, 0.6) is 5.75 Å². The number of amides is 1. The average molecular weight is 432 g/mol. The molecule has 4 rings (SSSR count). The Kier molecular flexibility index (Phi) is 6.31. The number of rotatable bonds is 6. The van der Waals surface area contributed by atoms with E-state index in [2.05, 4.69) is 0 Å². The molecule has 3 aromatic carbocycles. The van der Waals surface area contributed by atoms with Gasteiger partial charge in [0, 0.05) is 5.56 Å². The molecule has 0 aromatic heterocycles. The van der Waals surface area contributed by atoms with E-state index in [4.69, 9.17) is 17.0 Å². The Morgan fingerprint density at radius 1 is 0.967 bits per heavy atom. The minimum atomic E-state index is -0.117. The molecule has 1 aliphatic rings. The highest BCUT2D eigenvalue weighted by molar-refractivity contribution is 8.26. The van der Waals surface area contributed by atoms with E-state index in [-0.39, 0.29) is 11.9 Å². The van der Waals surface area contributed by atoms with Crippen molar-refractivity contribution in [1.29, 1.82) is 0 Å². The topological polar surface area (TPSA) is 29.5 Å². The Morgan fingerprint density at radius 2 is 1.60 bits per heavy atom. The van der Waals surface area contributed by atoms with Gasteiger partial charge in [-0.25, -0.2) is 0 Å². The molecule has 0 radical (unpaired) electrons. The highest BCUT2D eigenvalue weighted by Gasteiger charge is 2.36. The van der Waals surface area contributed by atoms with Crippen molar-refractivity contribution in [2.45, 2.75) is 19.6 Å². The van der Waals surface area contributed by atoms with Gasteiger partial charge in [-0.2, -0.15) is 0 Å². The lowest BCUT2D eigenvalue weighted by molar-refractivity contribution is -0.123. The monoisotopic (exact) mass is 431 g/mol. The molecule has 150 valence electrons. The summed E-state index contributed by atoms with van der Waals surface area (Å²) in [6, 6.07) is 27.6. The zero-order valence-electron chi connectivity index (χ0n) is 16.5. The van der Waals surface area contributed by atoms with Crippen LogP contribution in [0.15, 0.2) is 89.8 Å². The lowest BCUT2D eigenvalue weighted by atomic mass is 10.1. The van der Waals surface area contributed by atoms with Crippen molar-refractivity contribution in [3.05, 3.63) is 107 Å². The highest BCUT2D eigenvalue weighted by atomic mass is 32.2. The second kappa shape index (κ2) is 9.28. The lowest BCUT2D eigenvalue weighted by Gasteiger charge is -2.23. The average Bonchev–Trinajstić information content (AvgIpc) is 3.06. The molecule has 3 nitrogen and oxygen atoms in total. The van der Waals surface area contributed by atoms with Gasteiger partial charge in [-0.3, -0.25) is 9.69 Å². The predicted molar refractivity (Wildman–Crippen MR) is 127 cm³/mol. The summed E-state index contributed by atoms with van der Waals surface area (Å²) >= 11 is 6.87. The van der Waals surface area contributed by atoms with Crippen molar-refractivity contribution in [2.24, 2.45) is 0 Å². The zero-order valence-corrected chi connectivity index (χ0v) is 18.2. The van der Waals surface area contributed by atoms with Crippen molar-refractivity contribution in [1.82, 2.24) is 4.90 Å². The first-order valence-electron chi connectivity index (χ1n) is 9.71. The van der Waals surface area contributed by atoms with Crippen LogP contribution in [0.3, 0.4) is 0 Å². The van der Waals surface area contributed by atoms with E-state index in [0.29, 0.717) is 15.8 Å². The van der Waals surface area contributed by atoms with Gasteiger partial charge in [0.05, 0.1) is 10.9 Å². The Hall–Kier alpha value is -2.89. The molecule has 0 spiro atoms. The second-order valence-corrected chi connectivity index (χ2v) is 8.63. The molecule has 0 unspecified atom stereocenters. The first kappa shape index (κ1) is 20.4. The molecule has 0 N–H and O–H groups in total. The van der Waals surface area contributed by atoms with Crippen molar-refractivity contribution in [3.63, 3.8) is 0 Å². The van der Waals surface area contributed by atoms with Gasteiger partial charge in [-0.05, 0) is 30.2 Å². The number of para-hydroxylation sites is 1. The summed E-state index contributed by atoms with van der Waals surface area (Å²) in [7, 11) is 0. The van der Waals surface area contributed by atoms with Gasteiger partial charge < -0.3 is 4.74 Å². The summed E-state index contributed by atoms with van der Waals surface area (Å²) < 4.78 is 6.60. The third kappa shape index (κ3) is 4.48. The fourth-order valence-corrected chi connectivity index (χ4v) is 4.71. The normalized spacial score (nSPS) is 16.2. The Bertz CT molecular complexity index is 1080. The molecule has 0 saturated carbocycles. The number of hydrogen-bond donors (Lipinski definition) is 0. The summed E-state index contributed by atoms with van der Waals surface area (Å²) in [5, 5.41) is 0. The minimum Gasteiger partial charge on any atom is -0.488 e. The Labute approximate surface area is 186 Å². The van der Waals surface area contributed by atoms with Gasteiger partial charge in [-0.15, -0.1) is 0 Å². The first-order valence-corrected chi connectivity index (χ1v) is 10.9. The molecule has 0 aliphatic carbocycles.